The highest BCUT2D eigenvalue weighted by Gasteiger charge is 2.18. The van der Waals surface area contributed by atoms with Crippen molar-refractivity contribution in [3.63, 3.8) is 0 Å². The van der Waals surface area contributed by atoms with E-state index in [1.165, 1.54) is 0 Å². The van der Waals surface area contributed by atoms with Crippen LogP contribution in [0.25, 0.3) is 0 Å². The summed E-state index contributed by atoms with van der Waals surface area (Å²) in [5.74, 6) is -0.443. The van der Waals surface area contributed by atoms with Crippen LogP contribution in [-0.4, -0.2) is 37.1 Å². The minimum absolute atomic E-state index is 0.0923. The summed E-state index contributed by atoms with van der Waals surface area (Å²) in [5.41, 5.74) is 0.740. The number of nitrogens with one attached hydrogen (secondary N) is 2. The standard InChI is InChI=1S/C15H22N2O3/c1-15(2,7-8-18)10-17-14(20)12-6-4-5-11(9-12)13(19)16-3/h4-6,9,18H,7-8,10H2,1-3H3,(H,16,19)(H,17,20). The maximum absolute atomic E-state index is 12.1. The smallest absolute Gasteiger partial charge is 0.251 e. The molecular formula is C15H22N2O3. The molecule has 5 heteroatoms. The normalized spacial score (nSPS) is 11.0. The fraction of sp³-hybridized carbons (Fsp3) is 0.467. The molecule has 3 N–H and O–H groups in total. The van der Waals surface area contributed by atoms with Crippen molar-refractivity contribution in [3.05, 3.63) is 35.4 Å². The summed E-state index contributed by atoms with van der Waals surface area (Å²) >= 11 is 0. The molecule has 110 valence electrons. The van der Waals surface area contributed by atoms with E-state index in [4.69, 9.17) is 5.11 Å². The summed E-state index contributed by atoms with van der Waals surface area (Å²) in [5, 5.41) is 14.3. The molecule has 2 amide bonds. The molecule has 0 unspecified atom stereocenters. The Balaban J connectivity index is 2.71. The van der Waals surface area contributed by atoms with Gasteiger partial charge in [-0.15, -0.1) is 0 Å². The Morgan fingerprint density at radius 2 is 1.80 bits per heavy atom. The molecule has 1 rings (SSSR count). The van der Waals surface area contributed by atoms with E-state index in [1.54, 1.807) is 31.3 Å². The van der Waals surface area contributed by atoms with Gasteiger partial charge >= 0.3 is 0 Å². The second-order valence-electron chi connectivity index (χ2n) is 5.48. The minimum Gasteiger partial charge on any atom is -0.396 e. The summed E-state index contributed by atoms with van der Waals surface area (Å²) in [6.07, 6.45) is 0.617. The number of benzene rings is 1. The van der Waals surface area contributed by atoms with Crippen LogP contribution in [0.3, 0.4) is 0 Å². The first-order chi connectivity index (χ1) is 9.39. The molecule has 0 saturated carbocycles. The van der Waals surface area contributed by atoms with Crippen LogP contribution in [0, 0.1) is 5.41 Å². The van der Waals surface area contributed by atoms with Gasteiger partial charge in [-0.3, -0.25) is 9.59 Å². The van der Waals surface area contributed by atoms with Crippen molar-refractivity contribution in [3.8, 4) is 0 Å². The number of amides is 2. The van der Waals surface area contributed by atoms with E-state index in [2.05, 4.69) is 10.6 Å². The predicted molar refractivity (Wildman–Crippen MR) is 77.6 cm³/mol. The molecule has 0 heterocycles. The number of rotatable bonds is 6. The quantitative estimate of drug-likeness (QED) is 0.731. The van der Waals surface area contributed by atoms with Crippen LogP contribution in [0.1, 0.15) is 41.0 Å². The number of aliphatic hydroxyl groups is 1. The monoisotopic (exact) mass is 278 g/mol. The zero-order valence-electron chi connectivity index (χ0n) is 12.2. The number of carbonyl (C=O) groups is 2. The SMILES string of the molecule is CNC(=O)c1cccc(C(=O)NCC(C)(C)CCO)c1. The summed E-state index contributed by atoms with van der Waals surface area (Å²) in [6.45, 7) is 4.51. The third-order valence-corrected chi connectivity index (χ3v) is 3.13. The number of aliphatic hydroxyl groups excluding tert-OH is 1. The number of hydrogen-bond donors (Lipinski definition) is 3. The van der Waals surface area contributed by atoms with Crippen LogP contribution in [0.15, 0.2) is 24.3 Å². The molecule has 5 nitrogen and oxygen atoms in total. The van der Waals surface area contributed by atoms with Crippen molar-refractivity contribution < 1.29 is 14.7 Å². The Morgan fingerprint density at radius 1 is 1.20 bits per heavy atom. The van der Waals surface area contributed by atoms with Gasteiger partial charge in [-0.2, -0.15) is 0 Å². The van der Waals surface area contributed by atoms with Crippen LogP contribution in [-0.2, 0) is 0 Å². The van der Waals surface area contributed by atoms with E-state index in [9.17, 15) is 9.59 Å². The molecular weight excluding hydrogens is 256 g/mol. The fourth-order valence-corrected chi connectivity index (χ4v) is 1.76. The zero-order valence-corrected chi connectivity index (χ0v) is 12.2. The summed E-state index contributed by atoms with van der Waals surface area (Å²) < 4.78 is 0. The molecule has 1 aromatic rings. The van der Waals surface area contributed by atoms with E-state index in [0.29, 0.717) is 24.1 Å². The lowest BCUT2D eigenvalue weighted by Gasteiger charge is -2.23. The Labute approximate surface area is 119 Å². The van der Waals surface area contributed by atoms with Gasteiger partial charge in [0.1, 0.15) is 0 Å². The molecule has 1 aromatic carbocycles. The zero-order chi connectivity index (χ0) is 15.2. The molecule has 0 spiro atoms. The van der Waals surface area contributed by atoms with E-state index >= 15 is 0 Å². The van der Waals surface area contributed by atoms with Gasteiger partial charge in [-0.1, -0.05) is 19.9 Å². The Kier molecular flexibility index (Phi) is 5.70. The van der Waals surface area contributed by atoms with Crippen molar-refractivity contribution in [2.75, 3.05) is 20.2 Å². The van der Waals surface area contributed by atoms with Crippen molar-refractivity contribution >= 4 is 11.8 Å². The van der Waals surface area contributed by atoms with E-state index < -0.39 is 0 Å². The highest BCUT2D eigenvalue weighted by molar-refractivity contribution is 5.99. The van der Waals surface area contributed by atoms with Crippen LogP contribution in [0.4, 0.5) is 0 Å². The second-order valence-corrected chi connectivity index (χ2v) is 5.48. The average Bonchev–Trinajstić information content (AvgIpc) is 2.44. The molecule has 0 atom stereocenters. The molecule has 0 aliphatic heterocycles. The maximum Gasteiger partial charge on any atom is 0.251 e. The first-order valence-electron chi connectivity index (χ1n) is 6.61. The molecule has 0 aromatic heterocycles. The predicted octanol–water partition coefficient (Wildman–Crippen LogP) is 1.18. The maximum atomic E-state index is 12.1. The van der Waals surface area contributed by atoms with Gasteiger partial charge in [0.05, 0.1) is 0 Å². The largest absolute Gasteiger partial charge is 0.396 e. The van der Waals surface area contributed by atoms with Gasteiger partial charge in [0, 0.05) is 31.3 Å². The number of hydrogen-bond acceptors (Lipinski definition) is 3. The van der Waals surface area contributed by atoms with Crippen LogP contribution in [0.5, 0.6) is 0 Å². The Morgan fingerprint density at radius 3 is 2.35 bits per heavy atom. The first kappa shape index (κ1) is 16.2. The Hall–Kier alpha value is -1.88. The number of carbonyl (C=O) groups excluding carboxylic acids is 2. The van der Waals surface area contributed by atoms with Gasteiger partial charge in [0.2, 0.25) is 0 Å². The van der Waals surface area contributed by atoms with Crippen molar-refractivity contribution in [2.45, 2.75) is 20.3 Å². The van der Waals surface area contributed by atoms with Gasteiger partial charge < -0.3 is 15.7 Å². The van der Waals surface area contributed by atoms with E-state index in [-0.39, 0.29) is 23.8 Å². The topological polar surface area (TPSA) is 78.4 Å². The minimum atomic E-state index is -0.222. The molecule has 0 radical (unpaired) electrons. The van der Waals surface area contributed by atoms with Crippen LogP contribution >= 0.6 is 0 Å². The lowest BCUT2D eigenvalue weighted by Crippen LogP contribution is -2.34. The highest BCUT2D eigenvalue weighted by Crippen LogP contribution is 2.18. The van der Waals surface area contributed by atoms with Gasteiger partial charge in [-0.05, 0) is 30.0 Å². The van der Waals surface area contributed by atoms with Gasteiger partial charge in [0.25, 0.3) is 11.8 Å². The van der Waals surface area contributed by atoms with Crippen LogP contribution in [0.2, 0.25) is 0 Å². The van der Waals surface area contributed by atoms with E-state index in [1.807, 2.05) is 13.8 Å². The second kappa shape index (κ2) is 7.05. The van der Waals surface area contributed by atoms with Crippen LogP contribution < -0.4 is 10.6 Å². The van der Waals surface area contributed by atoms with Crippen molar-refractivity contribution in [2.24, 2.45) is 5.41 Å². The van der Waals surface area contributed by atoms with E-state index in [0.717, 1.165) is 0 Å². The molecule has 20 heavy (non-hydrogen) atoms. The highest BCUT2D eigenvalue weighted by atomic mass is 16.3. The summed E-state index contributed by atoms with van der Waals surface area (Å²) in [6, 6.07) is 6.57. The third-order valence-electron chi connectivity index (χ3n) is 3.13. The molecule has 0 saturated heterocycles. The van der Waals surface area contributed by atoms with Gasteiger partial charge in [0.15, 0.2) is 0 Å². The molecule has 0 aliphatic rings. The molecule has 0 aliphatic carbocycles. The lowest BCUT2D eigenvalue weighted by molar-refractivity contribution is 0.0928. The first-order valence-corrected chi connectivity index (χ1v) is 6.61. The van der Waals surface area contributed by atoms with Gasteiger partial charge in [-0.25, -0.2) is 0 Å². The molecule has 0 fully saturated rings. The Bertz CT molecular complexity index is 484. The van der Waals surface area contributed by atoms with Crippen molar-refractivity contribution in [1.29, 1.82) is 0 Å². The molecule has 0 bridgehead atoms. The summed E-state index contributed by atoms with van der Waals surface area (Å²) in [4.78, 5) is 23.6. The average molecular weight is 278 g/mol. The third kappa shape index (κ3) is 4.66. The van der Waals surface area contributed by atoms with Crippen molar-refractivity contribution in [1.82, 2.24) is 10.6 Å². The fourth-order valence-electron chi connectivity index (χ4n) is 1.76. The summed E-state index contributed by atoms with van der Waals surface area (Å²) in [7, 11) is 1.55. The lowest BCUT2D eigenvalue weighted by atomic mass is 9.89.